The van der Waals surface area contributed by atoms with Crippen molar-refractivity contribution in [3.63, 3.8) is 0 Å². The molecule has 108 valence electrons. The smallest absolute Gasteiger partial charge is 0.229 e. The molecule has 0 aliphatic rings. The summed E-state index contributed by atoms with van der Waals surface area (Å²) in [4.78, 5) is 0. The van der Waals surface area contributed by atoms with Crippen LogP contribution in [0.4, 0.5) is 10.1 Å². The van der Waals surface area contributed by atoms with Crippen molar-refractivity contribution in [1.29, 1.82) is 0 Å². The summed E-state index contributed by atoms with van der Waals surface area (Å²) in [5.41, 5.74) is -0.0159. The SMILES string of the molecule is CN(C)S(=O)(=O)N(c1ccccc1)S(=O)C(F)(Cl)Cl. The third-order valence-electron chi connectivity index (χ3n) is 1.99. The average Bonchev–Trinajstić information content (AvgIpc) is 2.28. The number of hydrogen-bond acceptors (Lipinski definition) is 3. The molecule has 0 aromatic heterocycles. The molecule has 0 saturated heterocycles. The molecule has 0 bridgehead atoms. The maximum absolute atomic E-state index is 13.4. The number of rotatable bonds is 5. The van der Waals surface area contributed by atoms with Crippen LogP contribution in [-0.4, -0.2) is 34.9 Å². The van der Waals surface area contributed by atoms with E-state index in [4.69, 9.17) is 23.2 Å². The fraction of sp³-hybridized carbons (Fsp3) is 0.333. The highest BCUT2D eigenvalue weighted by Gasteiger charge is 2.43. The summed E-state index contributed by atoms with van der Waals surface area (Å²) < 4.78 is 47.4. The Kier molecular flexibility index (Phi) is 5.19. The Hall–Kier alpha value is -0.410. The van der Waals surface area contributed by atoms with Gasteiger partial charge in [0, 0.05) is 14.1 Å². The van der Waals surface area contributed by atoms with Gasteiger partial charge in [0.15, 0.2) is 0 Å². The topological polar surface area (TPSA) is 57.7 Å². The molecule has 0 aliphatic carbocycles. The van der Waals surface area contributed by atoms with E-state index < -0.39 is 25.1 Å². The van der Waals surface area contributed by atoms with Crippen molar-refractivity contribution in [3.8, 4) is 0 Å². The summed E-state index contributed by atoms with van der Waals surface area (Å²) in [6.07, 6.45) is 0. The van der Waals surface area contributed by atoms with Gasteiger partial charge < -0.3 is 0 Å². The Morgan fingerprint density at radius 1 is 1.21 bits per heavy atom. The van der Waals surface area contributed by atoms with Crippen LogP contribution in [0.25, 0.3) is 0 Å². The first-order valence-corrected chi connectivity index (χ1v) is 8.11. The molecule has 1 aromatic rings. The van der Waals surface area contributed by atoms with E-state index >= 15 is 0 Å². The Bertz CT molecular complexity index is 561. The average molecular weight is 349 g/mol. The van der Waals surface area contributed by atoms with E-state index in [-0.39, 0.29) is 5.69 Å². The molecule has 0 spiro atoms. The van der Waals surface area contributed by atoms with Crippen molar-refractivity contribution in [2.24, 2.45) is 0 Å². The molecule has 0 radical (unpaired) electrons. The van der Waals surface area contributed by atoms with Crippen LogP contribution >= 0.6 is 23.2 Å². The maximum Gasteiger partial charge on any atom is 0.352 e. The van der Waals surface area contributed by atoms with E-state index in [0.29, 0.717) is 3.71 Å². The minimum absolute atomic E-state index is 0.0159. The van der Waals surface area contributed by atoms with Gasteiger partial charge in [-0.1, -0.05) is 18.2 Å². The number of para-hydroxylation sites is 1. The molecule has 1 unspecified atom stereocenters. The molecule has 0 saturated carbocycles. The molecular formula is C9H11Cl2FN2O3S2. The highest BCUT2D eigenvalue weighted by molar-refractivity contribution is 8.07. The Morgan fingerprint density at radius 2 is 1.68 bits per heavy atom. The third kappa shape index (κ3) is 3.79. The predicted octanol–water partition coefficient (Wildman–Crippen LogP) is 2.02. The van der Waals surface area contributed by atoms with E-state index in [1.807, 2.05) is 0 Å². The lowest BCUT2D eigenvalue weighted by Gasteiger charge is -2.27. The van der Waals surface area contributed by atoms with E-state index in [1.165, 1.54) is 38.4 Å². The molecule has 0 aliphatic heterocycles. The Balaban J connectivity index is 3.41. The van der Waals surface area contributed by atoms with Crippen molar-refractivity contribution < 1.29 is 17.0 Å². The molecule has 1 aromatic carbocycles. The first-order valence-electron chi connectivity index (χ1n) is 4.85. The maximum atomic E-state index is 13.4. The molecule has 0 fully saturated rings. The molecule has 0 N–H and O–H groups in total. The van der Waals surface area contributed by atoms with Gasteiger partial charge in [0.1, 0.15) is 0 Å². The Labute approximate surface area is 123 Å². The largest absolute Gasteiger partial charge is 0.352 e. The lowest BCUT2D eigenvalue weighted by molar-refractivity contribution is 0.494. The van der Waals surface area contributed by atoms with Crippen LogP contribution in [0.1, 0.15) is 0 Å². The van der Waals surface area contributed by atoms with Crippen LogP contribution in [0.3, 0.4) is 0 Å². The number of hydrogen-bond donors (Lipinski definition) is 0. The fourth-order valence-corrected chi connectivity index (χ4v) is 4.34. The van der Waals surface area contributed by atoms with Crippen molar-refractivity contribution in [2.45, 2.75) is 3.92 Å². The molecule has 0 amide bonds. The van der Waals surface area contributed by atoms with Crippen molar-refractivity contribution >= 4 is 50.1 Å². The van der Waals surface area contributed by atoms with Gasteiger partial charge in [-0.15, -0.1) is 0 Å². The van der Waals surface area contributed by atoms with Crippen LogP contribution in [0.2, 0.25) is 0 Å². The second-order valence-electron chi connectivity index (χ2n) is 3.55. The molecule has 0 heterocycles. The lowest BCUT2D eigenvalue weighted by atomic mass is 10.3. The second-order valence-corrected chi connectivity index (χ2v) is 8.88. The Morgan fingerprint density at radius 3 is 2.05 bits per heavy atom. The summed E-state index contributed by atoms with van der Waals surface area (Å²) in [5.74, 6) is 0. The second kappa shape index (κ2) is 5.92. The summed E-state index contributed by atoms with van der Waals surface area (Å²) in [6.45, 7) is 0. The van der Waals surface area contributed by atoms with Crippen molar-refractivity contribution in [3.05, 3.63) is 30.3 Å². The van der Waals surface area contributed by atoms with Gasteiger partial charge in [-0.3, -0.25) is 0 Å². The summed E-state index contributed by atoms with van der Waals surface area (Å²) >= 11 is 10.2. The van der Waals surface area contributed by atoms with E-state index in [9.17, 15) is 17.0 Å². The molecule has 1 rings (SSSR count). The monoisotopic (exact) mass is 348 g/mol. The summed E-state index contributed by atoms with van der Waals surface area (Å²) in [5, 5.41) is 0. The fourth-order valence-electron chi connectivity index (χ4n) is 1.11. The van der Waals surface area contributed by atoms with Crippen LogP contribution in [0.5, 0.6) is 0 Å². The van der Waals surface area contributed by atoms with Crippen molar-refractivity contribution in [2.75, 3.05) is 17.8 Å². The van der Waals surface area contributed by atoms with Crippen LogP contribution < -0.4 is 3.71 Å². The number of alkyl halides is 3. The molecule has 19 heavy (non-hydrogen) atoms. The number of anilines is 1. The predicted molar refractivity (Wildman–Crippen MR) is 75.2 cm³/mol. The summed E-state index contributed by atoms with van der Waals surface area (Å²) in [6, 6.07) is 7.33. The zero-order valence-electron chi connectivity index (χ0n) is 9.96. The van der Waals surface area contributed by atoms with Gasteiger partial charge in [0.25, 0.3) is 0 Å². The van der Waals surface area contributed by atoms with E-state index in [2.05, 4.69) is 0 Å². The zero-order chi connectivity index (χ0) is 14.8. The van der Waals surface area contributed by atoms with Gasteiger partial charge in [-0.05, 0) is 35.3 Å². The van der Waals surface area contributed by atoms with Crippen LogP contribution in [-0.2, 0) is 21.2 Å². The van der Waals surface area contributed by atoms with Gasteiger partial charge in [-0.2, -0.15) is 20.8 Å². The number of benzene rings is 1. The minimum atomic E-state index is -4.22. The first kappa shape index (κ1) is 16.6. The van der Waals surface area contributed by atoms with Crippen LogP contribution in [0.15, 0.2) is 30.3 Å². The van der Waals surface area contributed by atoms with Gasteiger partial charge in [-0.25, -0.2) is 4.21 Å². The van der Waals surface area contributed by atoms with Crippen molar-refractivity contribution in [1.82, 2.24) is 4.31 Å². The molecular weight excluding hydrogens is 338 g/mol. The standard InChI is InChI=1S/C9H11Cl2FN2O3S2/c1-13(2)19(16,17)14(18(15)9(10,11)12)8-6-4-3-5-7-8/h3-7H,1-2H3. The lowest BCUT2D eigenvalue weighted by Crippen LogP contribution is -2.44. The summed E-state index contributed by atoms with van der Waals surface area (Å²) in [7, 11) is -4.64. The zero-order valence-corrected chi connectivity index (χ0v) is 13.1. The normalized spacial score (nSPS) is 14.4. The van der Waals surface area contributed by atoms with Gasteiger partial charge in [0.05, 0.1) is 5.69 Å². The first-order chi connectivity index (χ1) is 8.58. The number of halogens is 3. The quantitative estimate of drug-likeness (QED) is 0.765. The highest BCUT2D eigenvalue weighted by Crippen LogP contribution is 2.34. The number of nitrogens with zero attached hydrogens (tertiary/aromatic N) is 2. The molecule has 5 nitrogen and oxygen atoms in total. The van der Waals surface area contributed by atoms with Gasteiger partial charge in [0.2, 0.25) is 11.0 Å². The third-order valence-corrected chi connectivity index (χ3v) is 6.21. The van der Waals surface area contributed by atoms with E-state index in [0.717, 1.165) is 4.31 Å². The molecule has 10 heteroatoms. The highest BCUT2D eigenvalue weighted by atomic mass is 35.5. The minimum Gasteiger partial charge on any atom is -0.229 e. The van der Waals surface area contributed by atoms with Crippen LogP contribution in [0, 0.1) is 0 Å². The molecule has 1 atom stereocenters. The van der Waals surface area contributed by atoms with Gasteiger partial charge >= 0.3 is 14.1 Å². The van der Waals surface area contributed by atoms with E-state index in [1.54, 1.807) is 6.07 Å².